The van der Waals surface area contributed by atoms with Crippen LogP contribution in [0.15, 0.2) is 11.1 Å². The summed E-state index contributed by atoms with van der Waals surface area (Å²) in [5.41, 5.74) is 1.64. The fourth-order valence-electron chi connectivity index (χ4n) is 3.04. The van der Waals surface area contributed by atoms with Gasteiger partial charge in [-0.1, -0.05) is 34.8 Å². The van der Waals surface area contributed by atoms with Gasteiger partial charge in [-0.25, -0.2) is 0 Å². The van der Waals surface area contributed by atoms with Gasteiger partial charge in [0.2, 0.25) is 0 Å². The van der Waals surface area contributed by atoms with Crippen molar-refractivity contribution in [2.24, 2.45) is 17.3 Å². The molecule has 0 saturated heterocycles. The minimum Gasteiger partial charge on any atom is -0.126 e. The van der Waals surface area contributed by atoms with E-state index in [1.54, 1.807) is 0 Å². The van der Waals surface area contributed by atoms with Gasteiger partial charge in [0.05, 0.1) is 5.38 Å². The molecule has 0 aromatic carbocycles. The summed E-state index contributed by atoms with van der Waals surface area (Å²) in [6.45, 7) is 0. The molecule has 98 valence electrons. The Balaban J connectivity index is 2.53. The van der Waals surface area contributed by atoms with Gasteiger partial charge in [0.25, 0.3) is 0 Å². The molecule has 2 rings (SSSR count). The van der Waals surface area contributed by atoms with E-state index in [1.165, 1.54) is 5.54 Å². The van der Waals surface area contributed by atoms with Crippen molar-refractivity contribution in [3.05, 3.63) is 11.1 Å². The van der Waals surface area contributed by atoms with E-state index in [9.17, 15) is 0 Å². The van der Waals surface area contributed by atoms with E-state index in [0.717, 1.165) is 5.57 Å². The third kappa shape index (κ3) is 1.86. The predicted molar refractivity (Wildman–Crippen MR) is 78.3 cm³/mol. The van der Waals surface area contributed by atoms with Crippen molar-refractivity contribution in [1.29, 1.82) is 0 Å². The van der Waals surface area contributed by atoms with Crippen LogP contribution in [0.4, 0.5) is 0 Å². The lowest BCUT2D eigenvalue weighted by Crippen LogP contribution is -2.49. The zero-order chi connectivity index (χ0) is 13.0. The van der Waals surface area contributed by atoms with E-state index >= 15 is 0 Å². The largest absolute Gasteiger partial charge is 0.141 e. The molecule has 2 aliphatic carbocycles. The molecule has 17 heavy (non-hydrogen) atoms. The summed E-state index contributed by atoms with van der Waals surface area (Å²) >= 11 is 43.0. The Bertz CT molecular complexity index is 351. The third-order valence-corrected chi connectivity index (χ3v) is 7.30. The van der Waals surface area contributed by atoms with Crippen LogP contribution in [0.5, 0.6) is 0 Å². The summed E-state index contributed by atoms with van der Waals surface area (Å²) < 4.78 is -1.04. The van der Waals surface area contributed by atoms with Crippen LogP contribution in [0.1, 0.15) is 6.42 Å². The van der Waals surface area contributed by atoms with Crippen molar-refractivity contribution in [2.75, 3.05) is 5.88 Å². The molecule has 0 heterocycles. The molecule has 0 aliphatic heterocycles. The van der Waals surface area contributed by atoms with Gasteiger partial charge >= 0.3 is 0 Å². The molecular weight excluding hydrogens is 368 g/mol. The maximum atomic E-state index is 6.32. The molecular formula is C10H9Cl7. The molecule has 2 aliphatic rings. The third-order valence-electron chi connectivity index (χ3n) is 3.98. The Labute approximate surface area is 135 Å². The zero-order valence-corrected chi connectivity index (χ0v) is 13.7. The molecule has 4 atom stereocenters. The molecule has 0 N–H and O–H groups in total. The number of hydrogen-bond donors (Lipinski definition) is 0. The standard InChI is InChI=1S/C10H9Cl7/c11-2-6-4-1-5(7(13)10(4,16)17)9(6,3-12)8(14)15/h2,4-5,7-8H,1,3H2/b6-2-. The zero-order valence-electron chi connectivity index (χ0n) is 8.45. The Morgan fingerprint density at radius 2 is 1.94 bits per heavy atom. The van der Waals surface area contributed by atoms with Crippen LogP contribution >= 0.6 is 81.2 Å². The van der Waals surface area contributed by atoms with Crippen molar-refractivity contribution in [3.63, 3.8) is 0 Å². The lowest BCUT2D eigenvalue weighted by Gasteiger charge is -2.45. The maximum absolute atomic E-state index is 6.32. The average Bonchev–Trinajstić information content (AvgIpc) is 2.72. The number of allylic oxidation sites excluding steroid dienone is 1. The van der Waals surface area contributed by atoms with Gasteiger partial charge in [0.15, 0.2) is 0 Å². The highest BCUT2D eigenvalue weighted by Crippen LogP contribution is 2.70. The van der Waals surface area contributed by atoms with E-state index < -0.39 is 20.0 Å². The van der Waals surface area contributed by atoms with Gasteiger partial charge in [-0.3, -0.25) is 0 Å². The van der Waals surface area contributed by atoms with Crippen LogP contribution in [0.3, 0.4) is 0 Å². The molecule has 7 heteroatoms. The summed E-state index contributed by atoms with van der Waals surface area (Å²) in [6, 6.07) is 0. The van der Waals surface area contributed by atoms with Crippen molar-refractivity contribution in [1.82, 2.24) is 0 Å². The molecule has 0 spiro atoms. The smallest absolute Gasteiger partial charge is 0.126 e. The Hall–Kier alpha value is 1.77. The van der Waals surface area contributed by atoms with E-state index in [1.807, 2.05) is 0 Å². The number of halogens is 7. The van der Waals surface area contributed by atoms with Gasteiger partial charge in [-0.15, -0.1) is 46.4 Å². The van der Waals surface area contributed by atoms with Crippen LogP contribution in [-0.4, -0.2) is 20.4 Å². The molecule has 2 saturated carbocycles. The van der Waals surface area contributed by atoms with Gasteiger partial charge < -0.3 is 0 Å². The molecule has 0 radical (unpaired) electrons. The summed E-state index contributed by atoms with van der Waals surface area (Å²) in [6.07, 6.45) is 0.711. The summed E-state index contributed by atoms with van der Waals surface area (Å²) in [7, 11) is 0. The van der Waals surface area contributed by atoms with E-state index in [2.05, 4.69) is 0 Å². The summed E-state index contributed by atoms with van der Waals surface area (Å²) in [5.74, 6) is 0.0403. The highest BCUT2D eigenvalue weighted by molar-refractivity contribution is 6.53. The molecule has 0 amide bonds. The monoisotopic (exact) mass is 374 g/mol. The summed E-state index contributed by atoms with van der Waals surface area (Å²) in [5, 5.41) is -0.435. The van der Waals surface area contributed by atoms with Crippen molar-refractivity contribution in [2.45, 2.75) is 21.0 Å². The molecule has 0 aromatic rings. The fourth-order valence-corrected chi connectivity index (χ4v) is 5.98. The highest BCUT2D eigenvalue weighted by atomic mass is 35.5. The minimum absolute atomic E-state index is 0.0633. The molecule has 2 bridgehead atoms. The second kappa shape index (κ2) is 4.95. The van der Waals surface area contributed by atoms with Crippen LogP contribution in [-0.2, 0) is 0 Å². The van der Waals surface area contributed by atoms with Crippen molar-refractivity contribution >= 4 is 81.2 Å². The SMILES string of the molecule is Cl/C=C1/C2CC(C(Cl)C2(Cl)Cl)C1(CCl)C(Cl)Cl. The Morgan fingerprint density at radius 1 is 1.35 bits per heavy atom. The number of rotatable bonds is 2. The van der Waals surface area contributed by atoms with Gasteiger partial charge in [-0.2, -0.15) is 0 Å². The molecule has 0 nitrogen and oxygen atoms in total. The molecule has 2 fully saturated rings. The lowest BCUT2D eigenvalue weighted by molar-refractivity contribution is 0.283. The molecule has 0 aromatic heterocycles. The van der Waals surface area contributed by atoms with Crippen LogP contribution in [0, 0.1) is 17.3 Å². The fraction of sp³-hybridized carbons (Fsp3) is 0.800. The van der Waals surface area contributed by atoms with E-state index in [-0.39, 0.29) is 17.7 Å². The topological polar surface area (TPSA) is 0 Å². The summed E-state index contributed by atoms with van der Waals surface area (Å²) in [4.78, 5) is -0.689. The van der Waals surface area contributed by atoms with Crippen LogP contribution < -0.4 is 0 Å². The van der Waals surface area contributed by atoms with Crippen molar-refractivity contribution < 1.29 is 0 Å². The van der Waals surface area contributed by atoms with Crippen molar-refractivity contribution in [3.8, 4) is 0 Å². The maximum Gasteiger partial charge on any atom is 0.141 e. The quantitative estimate of drug-likeness (QED) is 0.552. The number of alkyl halides is 6. The van der Waals surface area contributed by atoms with Gasteiger partial charge in [0.1, 0.15) is 9.17 Å². The van der Waals surface area contributed by atoms with Gasteiger partial charge in [-0.05, 0) is 17.9 Å². The average molecular weight is 377 g/mol. The Kier molecular flexibility index (Phi) is 4.42. The number of hydrogen-bond acceptors (Lipinski definition) is 0. The van der Waals surface area contributed by atoms with E-state index in [4.69, 9.17) is 81.2 Å². The first-order chi connectivity index (χ1) is 7.83. The number of fused-ring (bicyclic) bond motifs is 2. The first-order valence-electron chi connectivity index (χ1n) is 5.00. The Morgan fingerprint density at radius 3 is 2.35 bits per heavy atom. The first kappa shape index (κ1) is 15.2. The second-order valence-electron chi connectivity index (χ2n) is 4.51. The normalized spacial score (nSPS) is 46.1. The predicted octanol–water partition coefficient (Wildman–Crippen LogP) is 5.57. The first-order valence-corrected chi connectivity index (χ1v) is 8.04. The van der Waals surface area contributed by atoms with Crippen LogP contribution in [0.25, 0.3) is 0 Å². The van der Waals surface area contributed by atoms with E-state index in [0.29, 0.717) is 6.42 Å². The molecule has 4 unspecified atom stereocenters. The lowest BCUT2D eigenvalue weighted by atomic mass is 9.72. The second-order valence-corrected chi connectivity index (χ2v) is 8.01. The van der Waals surface area contributed by atoms with Gasteiger partial charge in [0, 0.05) is 22.7 Å². The van der Waals surface area contributed by atoms with Crippen LogP contribution in [0.2, 0.25) is 0 Å². The minimum atomic E-state index is -1.04. The highest BCUT2D eigenvalue weighted by Gasteiger charge is 2.69.